The number of hydrogen-bond acceptors (Lipinski definition) is 3. The first-order chi connectivity index (χ1) is 19.7. The third kappa shape index (κ3) is 6.62. The predicted molar refractivity (Wildman–Crippen MR) is 134 cm³/mol. The van der Waals surface area contributed by atoms with Crippen LogP contribution in [0.5, 0.6) is 5.75 Å². The van der Waals surface area contributed by atoms with Crippen molar-refractivity contribution < 1.29 is 58.5 Å². The topological polar surface area (TPSA) is 49.8 Å². The molecule has 2 aliphatic rings. The summed E-state index contributed by atoms with van der Waals surface area (Å²) in [5, 5.41) is 10.5. The molecule has 1 N–H and O–H groups in total. The van der Waals surface area contributed by atoms with Gasteiger partial charge in [-0.3, -0.25) is 4.90 Å². The maximum Gasteiger partial charge on any atom is 0.416 e. The van der Waals surface area contributed by atoms with Gasteiger partial charge in [0, 0.05) is 17.2 Å². The average Bonchev–Trinajstić information content (AvgIpc) is 3.15. The molecule has 4 rings (SSSR count). The van der Waals surface area contributed by atoms with Gasteiger partial charge >= 0.3 is 24.6 Å². The van der Waals surface area contributed by atoms with Gasteiger partial charge in [-0.25, -0.2) is 9.18 Å². The lowest BCUT2D eigenvalue weighted by atomic mass is 9.86. The van der Waals surface area contributed by atoms with E-state index < -0.39 is 83.9 Å². The minimum Gasteiger partial charge on any atom is -0.507 e. The highest BCUT2D eigenvalue weighted by Gasteiger charge is 2.48. The largest absolute Gasteiger partial charge is 0.507 e. The fraction of sp³-hybridized carbons (Fsp3) is 0.414. The van der Waals surface area contributed by atoms with Crippen molar-refractivity contribution in [1.82, 2.24) is 4.90 Å². The van der Waals surface area contributed by atoms with Crippen LogP contribution in [0.4, 0.5) is 48.7 Å². The lowest BCUT2D eigenvalue weighted by Crippen LogP contribution is -2.36. The maximum atomic E-state index is 14.4. The molecule has 2 aromatic carbocycles. The number of allylic oxidation sites excluding steroid dienone is 2. The Bertz CT molecular complexity index is 1470. The van der Waals surface area contributed by atoms with Crippen molar-refractivity contribution in [1.29, 1.82) is 0 Å². The molecule has 0 bridgehead atoms. The van der Waals surface area contributed by atoms with Crippen LogP contribution >= 0.6 is 0 Å². The van der Waals surface area contributed by atoms with E-state index in [1.807, 2.05) is 0 Å². The van der Waals surface area contributed by atoms with Gasteiger partial charge < -0.3 is 9.84 Å². The molecule has 14 heteroatoms. The summed E-state index contributed by atoms with van der Waals surface area (Å²) in [4.78, 5) is 13.7. The van der Waals surface area contributed by atoms with Crippen molar-refractivity contribution in [2.24, 2.45) is 5.92 Å². The smallest absolute Gasteiger partial charge is 0.416 e. The van der Waals surface area contributed by atoms with Crippen LogP contribution in [-0.2, 0) is 17.5 Å². The van der Waals surface area contributed by atoms with Crippen molar-refractivity contribution in [3.05, 3.63) is 76.1 Å². The molecule has 1 unspecified atom stereocenters. The average molecular weight is 626 g/mol. The number of amides is 1. The second kappa shape index (κ2) is 11.1. The van der Waals surface area contributed by atoms with Crippen molar-refractivity contribution >= 4 is 6.09 Å². The molecule has 1 fully saturated rings. The molecule has 1 saturated heterocycles. The first-order valence-electron chi connectivity index (χ1n) is 12.9. The van der Waals surface area contributed by atoms with Gasteiger partial charge in [0.2, 0.25) is 0 Å². The first-order valence-corrected chi connectivity index (χ1v) is 12.9. The number of nitrogens with zero attached hydrogens (tertiary/aromatic N) is 1. The fourth-order valence-corrected chi connectivity index (χ4v) is 5.17. The lowest BCUT2D eigenvalue weighted by Gasteiger charge is -2.28. The summed E-state index contributed by atoms with van der Waals surface area (Å²) in [6.07, 6.45) is -18.1. The molecule has 3 atom stereocenters. The van der Waals surface area contributed by atoms with Gasteiger partial charge in [0.05, 0.1) is 24.1 Å². The Labute approximate surface area is 239 Å². The number of alkyl halides is 9. The van der Waals surface area contributed by atoms with Gasteiger partial charge in [-0.05, 0) is 65.8 Å². The molecule has 0 saturated carbocycles. The van der Waals surface area contributed by atoms with E-state index in [9.17, 15) is 53.8 Å². The van der Waals surface area contributed by atoms with Crippen molar-refractivity contribution in [3.8, 4) is 16.9 Å². The van der Waals surface area contributed by atoms with Gasteiger partial charge in [0.25, 0.3) is 0 Å². The van der Waals surface area contributed by atoms with Crippen LogP contribution < -0.4 is 0 Å². The second-order valence-electron chi connectivity index (χ2n) is 10.8. The highest BCUT2D eigenvalue weighted by atomic mass is 19.4. The summed E-state index contributed by atoms with van der Waals surface area (Å²) >= 11 is 0. The predicted octanol–water partition coefficient (Wildman–Crippen LogP) is 9.05. The number of phenols is 1. The van der Waals surface area contributed by atoms with E-state index in [1.54, 1.807) is 13.8 Å². The first kappa shape index (κ1) is 32.2. The van der Waals surface area contributed by atoms with E-state index in [0.717, 1.165) is 23.1 Å². The number of rotatable bonds is 5. The number of aromatic hydroxyl groups is 1. The van der Waals surface area contributed by atoms with Gasteiger partial charge in [0.15, 0.2) is 0 Å². The van der Waals surface area contributed by atoms with Gasteiger partial charge in [-0.2, -0.15) is 39.5 Å². The molecule has 43 heavy (non-hydrogen) atoms. The quantitative estimate of drug-likeness (QED) is 0.338. The van der Waals surface area contributed by atoms with Gasteiger partial charge in [-0.15, -0.1) is 0 Å². The molecule has 2 aromatic rings. The summed E-state index contributed by atoms with van der Waals surface area (Å²) in [5.41, 5.74) is -3.25. The number of carbonyl (C=O) groups excluding carboxylic acids is 1. The lowest BCUT2D eigenvalue weighted by molar-refractivity contribution is -0.166. The zero-order valence-electron chi connectivity index (χ0n) is 22.8. The highest BCUT2D eigenvalue weighted by Crippen LogP contribution is 2.44. The van der Waals surface area contributed by atoms with E-state index in [4.69, 9.17) is 4.74 Å². The number of phenolic OH excluding ortho intramolecular Hbond substituents is 1. The van der Waals surface area contributed by atoms with Crippen LogP contribution in [0.25, 0.3) is 11.1 Å². The zero-order chi connectivity index (χ0) is 32.2. The van der Waals surface area contributed by atoms with Crippen LogP contribution in [0.15, 0.2) is 53.6 Å². The van der Waals surface area contributed by atoms with Gasteiger partial charge in [0.1, 0.15) is 17.7 Å². The van der Waals surface area contributed by atoms with Crippen LogP contribution in [0.3, 0.4) is 0 Å². The summed E-state index contributed by atoms with van der Waals surface area (Å²) in [5.74, 6) is -4.25. The molecule has 1 heterocycles. The molecule has 4 nitrogen and oxygen atoms in total. The van der Waals surface area contributed by atoms with Crippen LogP contribution in [0, 0.1) is 11.7 Å². The Hall–Kier alpha value is -3.71. The van der Waals surface area contributed by atoms with E-state index in [1.165, 1.54) is 13.0 Å². The number of hydrogen-bond donors (Lipinski definition) is 1. The molecule has 1 aliphatic heterocycles. The van der Waals surface area contributed by atoms with Gasteiger partial charge in [-0.1, -0.05) is 26.0 Å². The molecular weight excluding hydrogens is 600 g/mol. The van der Waals surface area contributed by atoms with E-state index >= 15 is 0 Å². The minimum atomic E-state index is -5.09. The van der Waals surface area contributed by atoms with Crippen molar-refractivity contribution in [2.45, 2.75) is 70.3 Å². The Morgan fingerprint density at radius 2 is 1.63 bits per heavy atom. The number of cyclic esters (lactones) is 1. The maximum absolute atomic E-state index is 14.4. The third-order valence-electron chi connectivity index (χ3n) is 7.48. The number of carbonyl (C=O) groups is 1. The van der Waals surface area contributed by atoms with E-state index in [0.29, 0.717) is 18.2 Å². The Balaban J connectivity index is 1.77. The third-order valence-corrected chi connectivity index (χ3v) is 7.48. The van der Waals surface area contributed by atoms with E-state index in [2.05, 4.69) is 0 Å². The number of halogens is 10. The monoisotopic (exact) mass is 625 g/mol. The summed E-state index contributed by atoms with van der Waals surface area (Å²) < 4.78 is 141. The Morgan fingerprint density at radius 3 is 2.19 bits per heavy atom. The fourth-order valence-electron chi connectivity index (χ4n) is 5.17. The molecule has 1 aliphatic carbocycles. The second-order valence-corrected chi connectivity index (χ2v) is 10.8. The number of ether oxygens (including phenoxy) is 1. The van der Waals surface area contributed by atoms with Crippen LogP contribution in [-0.4, -0.2) is 40.6 Å². The Kier molecular flexibility index (Phi) is 8.31. The van der Waals surface area contributed by atoms with Crippen molar-refractivity contribution in [2.75, 3.05) is 0 Å². The van der Waals surface area contributed by atoms with Crippen molar-refractivity contribution in [3.63, 3.8) is 0 Å². The molecule has 0 aromatic heterocycles. The molecule has 0 spiro atoms. The number of benzene rings is 2. The molecule has 1 amide bonds. The summed E-state index contributed by atoms with van der Waals surface area (Å²) in [6, 6.07) is 3.28. The normalized spacial score (nSPS) is 21.7. The van der Waals surface area contributed by atoms with Crippen LogP contribution in [0.2, 0.25) is 0 Å². The Morgan fingerprint density at radius 1 is 0.977 bits per heavy atom. The highest BCUT2D eigenvalue weighted by molar-refractivity contribution is 5.76. The minimum absolute atomic E-state index is 0.0101. The molecular formula is C29H25F10NO3. The molecule has 0 radical (unpaired) electrons. The SMILES string of the molecule is CC(C)c1cc(-c2ccc(C(F)(F)F)cc2CN2C(=O)O[C@H](C3=CC(C(F)(F)F)CC(C(F)(F)F)=C3)[C@@H]2C)c(O)cc1F. The zero-order valence-corrected chi connectivity index (χ0v) is 22.8. The summed E-state index contributed by atoms with van der Waals surface area (Å²) in [6.45, 7) is 3.94. The standard InChI is InChI=1S/C29H25F10NO3/c1-13(2)21-10-22(24(41)11-23(21)30)20-5-4-17(27(31,32)33)8-16(20)12-40-14(3)25(43-26(40)42)15-6-18(28(34,35)36)9-19(7-15)29(37,38)39/h4-8,10-11,13-14,18,25,41H,9,12H2,1-3H3/t14-,18?,25-/m0/s1. The van der Waals surface area contributed by atoms with Crippen LogP contribution in [0.1, 0.15) is 49.8 Å². The summed E-state index contributed by atoms with van der Waals surface area (Å²) in [7, 11) is 0. The van der Waals surface area contributed by atoms with E-state index in [-0.39, 0.29) is 28.2 Å². The molecule has 234 valence electrons.